The van der Waals surface area contributed by atoms with Crippen LogP contribution in [-0.4, -0.2) is 14.5 Å². The van der Waals surface area contributed by atoms with Crippen LogP contribution in [0.3, 0.4) is 0 Å². The first-order chi connectivity index (χ1) is 10.2. The lowest BCUT2D eigenvalue weighted by molar-refractivity contribution is 0.713. The highest BCUT2D eigenvalue weighted by atomic mass is 79.9. The van der Waals surface area contributed by atoms with Crippen molar-refractivity contribution in [3.63, 3.8) is 0 Å². The van der Waals surface area contributed by atoms with Gasteiger partial charge in [-0.15, -0.1) is 0 Å². The van der Waals surface area contributed by atoms with Crippen LogP contribution in [0.4, 0.5) is 5.82 Å². The average molecular weight is 345 g/mol. The van der Waals surface area contributed by atoms with Gasteiger partial charge in [0.25, 0.3) is 0 Å². The molecule has 21 heavy (non-hydrogen) atoms. The summed E-state index contributed by atoms with van der Waals surface area (Å²) in [6.45, 7) is 5.00. The van der Waals surface area contributed by atoms with Crippen LogP contribution in [0.1, 0.15) is 19.7 Å². The van der Waals surface area contributed by atoms with Gasteiger partial charge in [-0.05, 0) is 25.1 Å². The van der Waals surface area contributed by atoms with Gasteiger partial charge in [-0.2, -0.15) is 0 Å². The van der Waals surface area contributed by atoms with Gasteiger partial charge >= 0.3 is 0 Å². The predicted octanol–water partition coefficient (Wildman–Crippen LogP) is 4.03. The van der Waals surface area contributed by atoms with Gasteiger partial charge in [0.1, 0.15) is 17.3 Å². The summed E-state index contributed by atoms with van der Waals surface area (Å²) in [4.78, 5) is 9.25. The van der Waals surface area contributed by atoms with Crippen molar-refractivity contribution in [1.82, 2.24) is 14.5 Å². The second-order valence-electron chi connectivity index (χ2n) is 4.85. The summed E-state index contributed by atoms with van der Waals surface area (Å²) in [6.07, 6.45) is 2.66. The molecule has 0 amide bonds. The smallest absolute Gasteiger partial charge is 0.131 e. The number of aromatic nitrogens is 3. The third-order valence-corrected chi connectivity index (χ3v) is 4.38. The number of nitrogen functional groups attached to an aromatic ring is 1. The minimum absolute atomic E-state index is 0.712. The lowest BCUT2D eigenvalue weighted by Gasteiger charge is -2.07. The zero-order chi connectivity index (χ0) is 15.0. The molecular formula is C16H17BrN4. The number of hydrogen-bond acceptors (Lipinski definition) is 3. The molecule has 2 aromatic heterocycles. The minimum atomic E-state index is 0.712. The molecular weight excluding hydrogens is 328 g/mol. The fraction of sp³-hybridized carbons (Fsp3) is 0.250. The van der Waals surface area contributed by atoms with Gasteiger partial charge in [0.2, 0.25) is 0 Å². The molecule has 0 saturated heterocycles. The first-order valence-electron chi connectivity index (χ1n) is 7.05. The molecule has 0 aliphatic rings. The van der Waals surface area contributed by atoms with Crippen molar-refractivity contribution >= 4 is 32.7 Å². The SMILES string of the molecule is CCc1nc(-c2ccc(Br)c3cccnc23)c(N)n1CC. The number of imidazole rings is 1. The third-order valence-electron chi connectivity index (χ3n) is 3.69. The maximum atomic E-state index is 6.31. The van der Waals surface area contributed by atoms with Crippen molar-refractivity contribution < 1.29 is 0 Å². The van der Waals surface area contributed by atoms with E-state index in [1.54, 1.807) is 6.20 Å². The molecule has 0 saturated carbocycles. The van der Waals surface area contributed by atoms with Crippen LogP contribution in [0.15, 0.2) is 34.9 Å². The summed E-state index contributed by atoms with van der Waals surface area (Å²) in [6, 6.07) is 8.03. The molecule has 0 radical (unpaired) electrons. The van der Waals surface area contributed by atoms with E-state index in [1.165, 1.54) is 0 Å². The second-order valence-corrected chi connectivity index (χ2v) is 5.71. The molecule has 0 unspecified atom stereocenters. The normalized spacial score (nSPS) is 11.2. The van der Waals surface area contributed by atoms with Crippen molar-refractivity contribution in [2.45, 2.75) is 26.8 Å². The first-order valence-corrected chi connectivity index (χ1v) is 7.85. The lowest BCUT2D eigenvalue weighted by atomic mass is 10.1. The Bertz CT molecular complexity index is 807. The van der Waals surface area contributed by atoms with E-state index in [-0.39, 0.29) is 0 Å². The van der Waals surface area contributed by atoms with Gasteiger partial charge in [-0.1, -0.05) is 28.9 Å². The van der Waals surface area contributed by atoms with Gasteiger partial charge in [0.15, 0.2) is 0 Å². The Morgan fingerprint density at radius 2 is 2.05 bits per heavy atom. The van der Waals surface area contributed by atoms with E-state index in [2.05, 4.69) is 39.3 Å². The van der Waals surface area contributed by atoms with E-state index in [9.17, 15) is 0 Å². The van der Waals surface area contributed by atoms with Crippen LogP contribution in [0.5, 0.6) is 0 Å². The van der Waals surface area contributed by atoms with Crippen molar-refractivity contribution in [3.8, 4) is 11.3 Å². The Morgan fingerprint density at radius 3 is 2.71 bits per heavy atom. The van der Waals surface area contributed by atoms with Crippen molar-refractivity contribution in [2.75, 3.05) is 5.73 Å². The topological polar surface area (TPSA) is 56.7 Å². The Kier molecular flexibility index (Phi) is 3.68. The largest absolute Gasteiger partial charge is 0.383 e. The predicted molar refractivity (Wildman–Crippen MR) is 90.1 cm³/mol. The Balaban J connectivity index is 2.31. The zero-order valence-corrected chi connectivity index (χ0v) is 13.7. The van der Waals surface area contributed by atoms with Crippen LogP contribution < -0.4 is 5.73 Å². The number of anilines is 1. The minimum Gasteiger partial charge on any atom is -0.383 e. The van der Waals surface area contributed by atoms with Crippen LogP contribution in [0.25, 0.3) is 22.2 Å². The van der Waals surface area contributed by atoms with E-state index < -0.39 is 0 Å². The molecule has 5 heteroatoms. The van der Waals surface area contributed by atoms with Crippen molar-refractivity contribution in [3.05, 3.63) is 40.8 Å². The van der Waals surface area contributed by atoms with Gasteiger partial charge in [-0.25, -0.2) is 4.98 Å². The Labute approximate surface area is 132 Å². The van der Waals surface area contributed by atoms with Gasteiger partial charge in [-0.3, -0.25) is 4.98 Å². The van der Waals surface area contributed by atoms with Gasteiger partial charge in [0.05, 0.1) is 5.52 Å². The summed E-state index contributed by atoms with van der Waals surface area (Å²) < 4.78 is 3.09. The van der Waals surface area contributed by atoms with Gasteiger partial charge < -0.3 is 10.3 Å². The van der Waals surface area contributed by atoms with Crippen LogP contribution in [0.2, 0.25) is 0 Å². The number of fused-ring (bicyclic) bond motifs is 1. The fourth-order valence-electron chi connectivity index (χ4n) is 2.66. The lowest BCUT2D eigenvalue weighted by Crippen LogP contribution is -2.04. The standard InChI is InChI=1S/C16H17BrN4/c1-3-13-20-15(16(18)21(13)4-2)11-7-8-12(17)10-6-5-9-19-14(10)11/h5-9H,3-4,18H2,1-2H3. The summed E-state index contributed by atoms with van der Waals surface area (Å²) in [5, 5.41) is 1.07. The highest BCUT2D eigenvalue weighted by Crippen LogP contribution is 2.34. The summed E-state index contributed by atoms with van der Waals surface area (Å²) in [7, 11) is 0. The van der Waals surface area contributed by atoms with Gasteiger partial charge in [0, 0.05) is 34.6 Å². The van der Waals surface area contributed by atoms with Crippen LogP contribution in [-0.2, 0) is 13.0 Å². The van der Waals surface area contributed by atoms with E-state index in [4.69, 9.17) is 10.7 Å². The highest BCUT2D eigenvalue weighted by molar-refractivity contribution is 9.10. The number of rotatable bonds is 3. The second kappa shape index (κ2) is 5.48. The molecule has 2 N–H and O–H groups in total. The molecule has 0 bridgehead atoms. The number of halogens is 1. The molecule has 0 atom stereocenters. The Hall–Kier alpha value is -1.88. The molecule has 1 aromatic carbocycles. The average Bonchev–Trinajstić information content (AvgIpc) is 2.84. The molecule has 4 nitrogen and oxygen atoms in total. The number of benzene rings is 1. The van der Waals surface area contributed by atoms with Crippen molar-refractivity contribution in [1.29, 1.82) is 0 Å². The van der Waals surface area contributed by atoms with E-state index >= 15 is 0 Å². The molecule has 0 spiro atoms. The molecule has 3 rings (SSSR count). The Morgan fingerprint density at radius 1 is 1.24 bits per heavy atom. The maximum Gasteiger partial charge on any atom is 0.131 e. The molecule has 0 aliphatic carbocycles. The fourth-order valence-corrected chi connectivity index (χ4v) is 3.12. The summed E-state index contributed by atoms with van der Waals surface area (Å²) in [5.74, 6) is 1.72. The van der Waals surface area contributed by atoms with E-state index in [1.807, 2.05) is 24.3 Å². The number of pyridine rings is 1. The molecule has 0 fully saturated rings. The highest BCUT2D eigenvalue weighted by Gasteiger charge is 2.17. The van der Waals surface area contributed by atoms with E-state index in [0.717, 1.165) is 45.4 Å². The summed E-state index contributed by atoms with van der Waals surface area (Å²) >= 11 is 3.57. The number of aryl methyl sites for hydroxylation is 1. The molecule has 3 aromatic rings. The quantitative estimate of drug-likeness (QED) is 0.780. The monoisotopic (exact) mass is 344 g/mol. The van der Waals surface area contributed by atoms with E-state index in [0.29, 0.717) is 5.82 Å². The molecule has 2 heterocycles. The van der Waals surface area contributed by atoms with Crippen molar-refractivity contribution in [2.24, 2.45) is 0 Å². The first kappa shape index (κ1) is 14.1. The zero-order valence-electron chi connectivity index (χ0n) is 12.1. The molecule has 0 aliphatic heterocycles. The van der Waals surface area contributed by atoms with Crippen LogP contribution in [0, 0.1) is 0 Å². The summed E-state index contributed by atoms with van der Waals surface area (Å²) in [5.41, 5.74) is 9.03. The maximum absolute atomic E-state index is 6.31. The third kappa shape index (κ3) is 2.21. The number of nitrogens with zero attached hydrogens (tertiary/aromatic N) is 3. The number of hydrogen-bond donors (Lipinski definition) is 1. The molecule has 108 valence electrons. The number of nitrogens with two attached hydrogens (primary N) is 1. The van der Waals surface area contributed by atoms with Crippen LogP contribution >= 0.6 is 15.9 Å².